The monoisotopic (exact) mass is 388 g/mol. The van der Waals surface area contributed by atoms with Crippen molar-refractivity contribution in [2.24, 2.45) is 0 Å². The molecule has 0 saturated heterocycles. The number of rotatable bonds is 8. The Morgan fingerprint density at radius 2 is 2.15 bits per heavy atom. The number of hydrogen-bond acceptors (Lipinski definition) is 5. The van der Waals surface area contributed by atoms with E-state index in [2.05, 4.69) is 22.1 Å². The summed E-state index contributed by atoms with van der Waals surface area (Å²) in [6.45, 7) is 4.67. The largest absolute Gasteiger partial charge is 0.350 e. The quantitative estimate of drug-likeness (QED) is 0.472. The predicted molar refractivity (Wildman–Crippen MR) is 103 cm³/mol. The van der Waals surface area contributed by atoms with Crippen molar-refractivity contribution in [2.45, 2.75) is 18.2 Å². The second kappa shape index (κ2) is 8.77. The number of allylic oxidation sites excluding steroid dienone is 1. The van der Waals surface area contributed by atoms with Gasteiger partial charge in [-0.3, -0.25) is 9.36 Å². The molecule has 3 rings (SSSR count). The van der Waals surface area contributed by atoms with E-state index in [0.717, 1.165) is 4.88 Å². The first-order valence-corrected chi connectivity index (χ1v) is 9.76. The van der Waals surface area contributed by atoms with E-state index in [-0.39, 0.29) is 17.5 Å². The third-order valence-electron chi connectivity index (χ3n) is 3.52. The molecule has 3 aromatic rings. The van der Waals surface area contributed by atoms with Gasteiger partial charge in [0.2, 0.25) is 5.91 Å². The molecule has 5 nitrogen and oxygen atoms in total. The van der Waals surface area contributed by atoms with E-state index in [9.17, 15) is 9.18 Å². The van der Waals surface area contributed by atoms with Gasteiger partial charge in [-0.1, -0.05) is 36.0 Å². The van der Waals surface area contributed by atoms with Crippen LogP contribution in [0.25, 0.3) is 11.4 Å². The highest BCUT2D eigenvalue weighted by Gasteiger charge is 2.17. The Kier molecular flexibility index (Phi) is 6.19. The van der Waals surface area contributed by atoms with E-state index in [1.54, 1.807) is 40.2 Å². The van der Waals surface area contributed by atoms with E-state index in [1.807, 2.05) is 17.5 Å². The molecule has 1 N–H and O–H groups in total. The molecule has 134 valence electrons. The molecule has 1 amide bonds. The molecule has 0 spiro atoms. The molecule has 1 aromatic carbocycles. The van der Waals surface area contributed by atoms with Gasteiger partial charge < -0.3 is 5.32 Å². The highest BCUT2D eigenvalue weighted by Crippen LogP contribution is 2.25. The SMILES string of the molecule is C=CCn1c(SCC(=O)NCc2cccs2)nnc1-c1ccccc1F. The first kappa shape index (κ1) is 18.3. The van der Waals surface area contributed by atoms with Crippen molar-refractivity contribution in [1.29, 1.82) is 0 Å². The molecule has 0 aliphatic carbocycles. The van der Waals surface area contributed by atoms with Gasteiger partial charge in [0.25, 0.3) is 0 Å². The van der Waals surface area contributed by atoms with Crippen LogP contribution in [0.15, 0.2) is 59.6 Å². The van der Waals surface area contributed by atoms with Crippen LogP contribution in [0, 0.1) is 5.82 Å². The second-order valence-corrected chi connectivity index (χ2v) is 7.30. The Balaban J connectivity index is 1.69. The summed E-state index contributed by atoms with van der Waals surface area (Å²) in [4.78, 5) is 13.1. The third-order valence-corrected chi connectivity index (χ3v) is 5.36. The van der Waals surface area contributed by atoms with E-state index in [4.69, 9.17) is 0 Å². The van der Waals surface area contributed by atoms with Crippen LogP contribution >= 0.6 is 23.1 Å². The van der Waals surface area contributed by atoms with Crippen molar-refractivity contribution in [3.05, 3.63) is 65.1 Å². The number of thiophene rings is 1. The lowest BCUT2D eigenvalue weighted by Gasteiger charge is -2.08. The number of nitrogens with one attached hydrogen (secondary N) is 1. The summed E-state index contributed by atoms with van der Waals surface area (Å²) < 4.78 is 15.8. The van der Waals surface area contributed by atoms with Gasteiger partial charge in [-0.25, -0.2) is 4.39 Å². The minimum atomic E-state index is -0.365. The first-order chi connectivity index (χ1) is 12.7. The minimum Gasteiger partial charge on any atom is -0.350 e. The summed E-state index contributed by atoms with van der Waals surface area (Å²) >= 11 is 2.86. The fourth-order valence-electron chi connectivity index (χ4n) is 2.31. The van der Waals surface area contributed by atoms with Crippen LogP contribution in [0.3, 0.4) is 0 Å². The molecule has 8 heteroatoms. The molecule has 2 heterocycles. The minimum absolute atomic E-state index is 0.0935. The first-order valence-electron chi connectivity index (χ1n) is 7.90. The zero-order chi connectivity index (χ0) is 18.4. The summed E-state index contributed by atoms with van der Waals surface area (Å²) in [5.74, 6) is 0.168. The van der Waals surface area contributed by atoms with E-state index in [1.165, 1.54) is 17.8 Å². The van der Waals surface area contributed by atoms with Crippen LogP contribution < -0.4 is 5.32 Å². The predicted octanol–water partition coefficient (Wildman–Crippen LogP) is 3.74. The van der Waals surface area contributed by atoms with Crippen LogP contribution in [0.1, 0.15) is 4.88 Å². The van der Waals surface area contributed by atoms with E-state index in [0.29, 0.717) is 29.6 Å². The zero-order valence-corrected chi connectivity index (χ0v) is 15.5. The van der Waals surface area contributed by atoms with Gasteiger partial charge in [0.05, 0.1) is 17.9 Å². The van der Waals surface area contributed by atoms with Crippen molar-refractivity contribution in [1.82, 2.24) is 20.1 Å². The van der Waals surface area contributed by atoms with Crippen LogP contribution in [0.5, 0.6) is 0 Å². The average Bonchev–Trinajstić information content (AvgIpc) is 3.29. The maximum absolute atomic E-state index is 14.1. The Morgan fingerprint density at radius 3 is 2.88 bits per heavy atom. The van der Waals surface area contributed by atoms with Crippen molar-refractivity contribution < 1.29 is 9.18 Å². The number of nitrogens with zero attached hydrogens (tertiary/aromatic N) is 3. The third kappa shape index (κ3) is 4.39. The Hall–Kier alpha value is -2.45. The summed E-state index contributed by atoms with van der Waals surface area (Å²) in [6, 6.07) is 10.3. The summed E-state index contributed by atoms with van der Waals surface area (Å²) in [6.07, 6.45) is 1.69. The molecule has 2 aromatic heterocycles. The fraction of sp³-hybridized carbons (Fsp3) is 0.167. The molecule has 0 aliphatic heterocycles. The van der Waals surface area contributed by atoms with Crippen molar-refractivity contribution in [3.8, 4) is 11.4 Å². The highest BCUT2D eigenvalue weighted by molar-refractivity contribution is 7.99. The van der Waals surface area contributed by atoms with Gasteiger partial charge in [0.1, 0.15) is 5.82 Å². The number of halogens is 1. The maximum atomic E-state index is 14.1. The Morgan fingerprint density at radius 1 is 1.31 bits per heavy atom. The van der Waals surface area contributed by atoms with Crippen LogP contribution in [0.2, 0.25) is 0 Å². The summed E-state index contributed by atoms with van der Waals surface area (Å²) in [5.41, 5.74) is 0.371. The number of benzene rings is 1. The fourth-order valence-corrected chi connectivity index (χ4v) is 3.73. The van der Waals surface area contributed by atoms with Gasteiger partial charge in [0.15, 0.2) is 11.0 Å². The smallest absolute Gasteiger partial charge is 0.230 e. The van der Waals surface area contributed by atoms with Gasteiger partial charge in [0, 0.05) is 11.4 Å². The van der Waals surface area contributed by atoms with Crippen LogP contribution in [-0.2, 0) is 17.9 Å². The van der Waals surface area contributed by atoms with Gasteiger partial charge >= 0.3 is 0 Å². The van der Waals surface area contributed by atoms with Crippen molar-refractivity contribution in [3.63, 3.8) is 0 Å². The molecule has 0 unspecified atom stereocenters. The molecular formula is C18H17FN4OS2. The average molecular weight is 388 g/mol. The van der Waals surface area contributed by atoms with E-state index < -0.39 is 0 Å². The molecule has 0 radical (unpaired) electrons. The molecule has 0 bridgehead atoms. The lowest BCUT2D eigenvalue weighted by molar-refractivity contribution is -0.118. The lowest BCUT2D eigenvalue weighted by atomic mass is 10.2. The van der Waals surface area contributed by atoms with E-state index >= 15 is 0 Å². The summed E-state index contributed by atoms with van der Waals surface area (Å²) in [7, 11) is 0. The number of hydrogen-bond donors (Lipinski definition) is 1. The molecule has 0 fully saturated rings. The Bertz CT molecular complexity index is 892. The second-order valence-electron chi connectivity index (χ2n) is 5.33. The maximum Gasteiger partial charge on any atom is 0.230 e. The number of thioether (sulfide) groups is 1. The van der Waals surface area contributed by atoms with Crippen molar-refractivity contribution in [2.75, 3.05) is 5.75 Å². The van der Waals surface area contributed by atoms with Crippen molar-refractivity contribution >= 4 is 29.0 Å². The highest BCUT2D eigenvalue weighted by atomic mass is 32.2. The Labute approximate surface area is 159 Å². The number of carbonyl (C=O) groups is 1. The zero-order valence-electron chi connectivity index (χ0n) is 13.9. The standard InChI is InChI=1S/C18H17FN4OS2/c1-2-9-23-17(14-7-3-4-8-15(14)19)21-22-18(23)26-12-16(24)20-11-13-6-5-10-25-13/h2-8,10H,1,9,11-12H2,(H,20,24). The lowest BCUT2D eigenvalue weighted by Crippen LogP contribution is -2.24. The van der Waals surface area contributed by atoms with Gasteiger partial charge in [-0.05, 0) is 23.6 Å². The van der Waals surface area contributed by atoms with Crippen LogP contribution in [-0.4, -0.2) is 26.4 Å². The van der Waals surface area contributed by atoms with Crippen LogP contribution in [0.4, 0.5) is 4.39 Å². The summed E-state index contributed by atoms with van der Waals surface area (Å²) in [5, 5.41) is 13.6. The molecule has 0 saturated carbocycles. The molecule has 26 heavy (non-hydrogen) atoms. The molecule has 0 aliphatic rings. The number of amides is 1. The normalized spacial score (nSPS) is 10.7. The topological polar surface area (TPSA) is 59.8 Å². The molecule has 0 atom stereocenters. The van der Waals surface area contributed by atoms with Gasteiger partial charge in [-0.15, -0.1) is 28.1 Å². The number of aromatic nitrogens is 3. The van der Waals surface area contributed by atoms with Gasteiger partial charge in [-0.2, -0.15) is 0 Å². The number of carbonyl (C=O) groups excluding carboxylic acids is 1. The molecular weight excluding hydrogens is 371 g/mol.